The number of carbonyl (C=O) groups excluding carboxylic acids is 1. The fourth-order valence-electron chi connectivity index (χ4n) is 2.43. The Labute approximate surface area is 152 Å². The number of aryl methyl sites for hydroxylation is 1. The van der Waals surface area contributed by atoms with Crippen LogP contribution in [0.25, 0.3) is 0 Å². The molecule has 0 unspecified atom stereocenters. The van der Waals surface area contributed by atoms with Crippen LogP contribution in [0, 0.1) is 12.7 Å². The molecule has 2 rings (SSSR count). The van der Waals surface area contributed by atoms with E-state index in [2.05, 4.69) is 34.0 Å². The standard InChI is InChI=1S/C18H22ClFN4O/c1-4-8-24(9-5-2)18-21-12(3)10-16(23-18)17(25)22-13-6-7-15(20)14(19)11-13/h6-7,10-11H,4-5,8-9H2,1-3H3,(H,22,25). The van der Waals surface area contributed by atoms with Gasteiger partial charge in [0.1, 0.15) is 11.5 Å². The summed E-state index contributed by atoms with van der Waals surface area (Å²) in [6, 6.07) is 5.65. The molecule has 1 heterocycles. The molecule has 2 aromatic rings. The van der Waals surface area contributed by atoms with Gasteiger partial charge in [0.2, 0.25) is 5.95 Å². The third-order valence-corrected chi connectivity index (χ3v) is 3.81. The zero-order valence-electron chi connectivity index (χ0n) is 14.6. The summed E-state index contributed by atoms with van der Waals surface area (Å²) >= 11 is 5.75. The lowest BCUT2D eigenvalue weighted by molar-refractivity contribution is 0.102. The number of amides is 1. The Bertz CT molecular complexity index is 748. The van der Waals surface area contributed by atoms with Gasteiger partial charge in [0.25, 0.3) is 5.91 Å². The van der Waals surface area contributed by atoms with Crippen LogP contribution in [0.2, 0.25) is 5.02 Å². The maximum absolute atomic E-state index is 13.2. The number of benzene rings is 1. The highest BCUT2D eigenvalue weighted by molar-refractivity contribution is 6.31. The van der Waals surface area contributed by atoms with Crippen molar-refractivity contribution in [1.82, 2.24) is 9.97 Å². The Morgan fingerprint density at radius 3 is 2.48 bits per heavy atom. The van der Waals surface area contributed by atoms with Crippen molar-refractivity contribution < 1.29 is 9.18 Å². The number of carbonyl (C=O) groups is 1. The average molecular weight is 365 g/mol. The van der Waals surface area contributed by atoms with Gasteiger partial charge in [-0.05, 0) is 44.0 Å². The lowest BCUT2D eigenvalue weighted by atomic mass is 10.2. The maximum Gasteiger partial charge on any atom is 0.274 e. The van der Waals surface area contributed by atoms with Gasteiger partial charge in [0.15, 0.2) is 0 Å². The third-order valence-electron chi connectivity index (χ3n) is 3.52. The first-order valence-electron chi connectivity index (χ1n) is 8.31. The van der Waals surface area contributed by atoms with Crippen LogP contribution in [0.4, 0.5) is 16.0 Å². The number of hydrogen-bond acceptors (Lipinski definition) is 4. The number of anilines is 2. The summed E-state index contributed by atoms with van der Waals surface area (Å²) in [6.45, 7) is 7.65. The second kappa shape index (κ2) is 8.76. The highest BCUT2D eigenvalue weighted by Gasteiger charge is 2.15. The van der Waals surface area contributed by atoms with Crippen LogP contribution >= 0.6 is 11.6 Å². The average Bonchev–Trinajstić information content (AvgIpc) is 2.57. The number of nitrogens with one attached hydrogen (secondary N) is 1. The second-order valence-corrected chi connectivity index (χ2v) is 6.17. The summed E-state index contributed by atoms with van der Waals surface area (Å²) in [5.41, 5.74) is 1.39. The van der Waals surface area contributed by atoms with Crippen LogP contribution in [0.1, 0.15) is 42.9 Å². The van der Waals surface area contributed by atoms with Crippen LogP contribution in [0.3, 0.4) is 0 Å². The minimum Gasteiger partial charge on any atom is -0.341 e. The van der Waals surface area contributed by atoms with Crippen molar-refractivity contribution in [3.05, 3.63) is 46.5 Å². The molecule has 0 spiro atoms. The minimum absolute atomic E-state index is 0.0468. The lowest BCUT2D eigenvalue weighted by Gasteiger charge is -2.22. The van der Waals surface area contributed by atoms with Gasteiger partial charge < -0.3 is 10.2 Å². The van der Waals surface area contributed by atoms with E-state index in [9.17, 15) is 9.18 Å². The molecule has 134 valence electrons. The Hall–Kier alpha value is -2.21. The molecule has 0 fully saturated rings. The molecule has 5 nitrogen and oxygen atoms in total. The van der Waals surface area contributed by atoms with Crippen LogP contribution in [-0.2, 0) is 0 Å². The highest BCUT2D eigenvalue weighted by Crippen LogP contribution is 2.20. The van der Waals surface area contributed by atoms with E-state index in [-0.39, 0.29) is 16.6 Å². The highest BCUT2D eigenvalue weighted by atomic mass is 35.5. The van der Waals surface area contributed by atoms with Crippen LogP contribution in [0.15, 0.2) is 24.3 Å². The first-order chi connectivity index (χ1) is 11.9. The third kappa shape index (κ3) is 5.13. The monoisotopic (exact) mass is 364 g/mol. The zero-order chi connectivity index (χ0) is 18.4. The number of halogens is 2. The summed E-state index contributed by atoms with van der Waals surface area (Å²) < 4.78 is 13.2. The molecule has 1 N–H and O–H groups in total. The molecule has 0 bridgehead atoms. The summed E-state index contributed by atoms with van der Waals surface area (Å²) in [6.07, 6.45) is 1.93. The van der Waals surface area contributed by atoms with Crippen molar-refractivity contribution in [2.45, 2.75) is 33.6 Å². The second-order valence-electron chi connectivity index (χ2n) is 5.76. The van der Waals surface area contributed by atoms with Gasteiger partial charge in [-0.1, -0.05) is 25.4 Å². The Kier molecular flexibility index (Phi) is 6.70. The maximum atomic E-state index is 13.2. The van der Waals surface area contributed by atoms with Crippen molar-refractivity contribution in [1.29, 1.82) is 0 Å². The van der Waals surface area contributed by atoms with Crippen molar-refractivity contribution >= 4 is 29.1 Å². The SMILES string of the molecule is CCCN(CCC)c1nc(C)cc(C(=O)Nc2ccc(F)c(Cl)c2)n1. The summed E-state index contributed by atoms with van der Waals surface area (Å²) in [5.74, 6) is -0.372. The van der Waals surface area contributed by atoms with Crippen LogP contribution in [0.5, 0.6) is 0 Å². The van der Waals surface area contributed by atoms with E-state index in [4.69, 9.17) is 11.6 Å². The molecular formula is C18H22ClFN4O. The van der Waals surface area contributed by atoms with Gasteiger partial charge in [0, 0.05) is 24.5 Å². The number of aromatic nitrogens is 2. The number of nitrogens with zero attached hydrogens (tertiary/aromatic N) is 3. The first-order valence-corrected chi connectivity index (χ1v) is 8.69. The molecular weight excluding hydrogens is 343 g/mol. The predicted octanol–water partition coefficient (Wildman–Crippen LogP) is 4.46. The molecule has 0 aliphatic rings. The Morgan fingerprint density at radius 2 is 1.88 bits per heavy atom. The molecule has 0 saturated carbocycles. The molecule has 1 aromatic heterocycles. The molecule has 1 aromatic carbocycles. The summed E-state index contributed by atoms with van der Waals surface area (Å²) in [5, 5.41) is 2.64. The quantitative estimate of drug-likeness (QED) is 0.788. The molecule has 0 aliphatic carbocycles. The fraction of sp³-hybridized carbons (Fsp3) is 0.389. The van der Waals surface area contributed by atoms with Crippen molar-refractivity contribution in [2.24, 2.45) is 0 Å². The van der Waals surface area contributed by atoms with E-state index in [0.717, 1.165) is 25.9 Å². The normalized spacial score (nSPS) is 10.6. The molecule has 7 heteroatoms. The summed E-state index contributed by atoms with van der Waals surface area (Å²) in [4.78, 5) is 23.4. The zero-order valence-corrected chi connectivity index (χ0v) is 15.4. The van der Waals surface area contributed by atoms with E-state index in [0.29, 0.717) is 17.3 Å². The lowest BCUT2D eigenvalue weighted by Crippen LogP contribution is -2.28. The number of hydrogen-bond donors (Lipinski definition) is 1. The van der Waals surface area contributed by atoms with E-state index in [1.165, 1.54) is 18.2 Å². The smallest absolute Gasteiger partial charge is 0.274 e. The molecule has 0 aliphatic heterocycles. The van der Waals surface area contributed by atoms with Gasteiger partial charge in [-0.3, -0.25) is 4.79 Å². The van der Waals surface area contributed by atoms with Gasteiger partial charge in [-0.15, -0.1) is 0 Å². The molecule has 0 radical (unpaired) electrons. The van der Waals surface area contributed by atoms with Crippen molar-refractivity contribution in [2.75, 3.05) is 23.3 Å². The van der Waals surface area contributed by atoms with Gasteiger partial charge in [0.05, 0.1) is 5.02 Å². The van der Waals surface area contributed by atoms with E-state index >= 15 is 0 Å². The van der Waals surface area contributed by atoms with Crippen molar-refractivity contribution in [3.8, 4) is 0 Å². The Balaban J connectivity index is 2.25. The van der Waals surface area contributed by atoms with Gasteiger partial charge in [-0.25, -0.2) is 14.4 Å². The first kappa shape index (κ1) is 19.1. The van der Waals surface area contributed by atoms with Gasteiger partial charge >= 0.3 is 0 Å². The van der Waals surface area contributed by atoms with E-state index in [1.807, 2.05) is 6.92 Å². The van der Waals surface area contributed by atoms with Gasteiger partial charge in [-0.2, -0.15) is 0 Å². The van der Waals surface area contributed by atoms with Crippen LogP contribution < -0.4 is 10.2 Å². The van der Waals surface area contributed by atoms with Crippen LogP contribution in [-0.4, -0.2) is 29.0 Å². The fourth-order valence-corrected chi connectivity index (χ4v) is 2.61. The number of rotatable bonds is 7. The minimum atomic E-state index is -0.533. The molecule has 25 heavy (non-hydrogen) atoms. The molecule has 0 saturated heterocycles. The van der Waals surface area contributed by atoms with E-state index in [1.54, 1.807) is 6.07 Å². The summed E-state index contributed by atoms with van der Waals surface area (Å²) in [7, 11) is 0. The largest absolute Gasteiger partial charge is 0.341 e. The topological polar surface area (TPSA) is 58.1 Å². The van der Waals surface area contributed by atoms with E-state index < -0.39 is 5.82 Å². The molecule has 0 atom stereocenters. The Morgan fingerprint density at radius 1 is 1.20 bits per heavy atom. The molecule has 1 amide bonds. The van der Waals surface area contributed by atoms with Crippen molar-refractivity contribution in [3.63, 3.8) is 0 Å². The predicted molar refractivity (Wildman–Crippen MR) is 98.9 cm³/mol.